The van der Waals surface area contributed by atoms with Crippen LogP contribution in [0.3, 0.4) is 0 Å². The van der Waals surface area contributed by atoms with Crippen LogP contribution in [0.1, 0.15) is 60.8 Å². The molecule has 228 valence electrons. The molecule has 0 heterocycles. The molecule has 2 fully saturated rings. The average Bonchev–Trinajstić information content (AvgIpc) is 2.95. The molecule has 1 unspecified atom stereocenters. The van der Waals surface area contributed by atoms with Gasteiger partial charge in [-0.3, -0.25) is 9.59 Å². The minimum Gasteiger partial charge on any atom is -0.390 e. The van der Waals surface area contributed by atoms with E-state index in [1.807, 2.05) is 81.1 Å². The van der Waals surface area contributed by atoms with E-state index in [1.165, 1.54) is 6.92 Å². The number of para-hydroxylation sites is 1. The van der Waals surface area contributed by atoms with Crippen molar-refractivity contribution < 1.29 is 24.9 Å². The Bertz CT molecular complexity index is 1540. The number of benzene rings is 3. The molecule has 0 aliphatic heterocycles. The van der Waals surface area contributed by atoms with Gasteiger partial charge >= 0.3 is 0 Å². The first kappa shape index (κ1) is 31.1. The van der Waals surface area contributed by atoms with Crippen molar-refractivity contribution >= 4 is 33.7 Å². The molecule has 8 atom stereocenters. The highest BCUT2D eigenvalue weighted by Crippen LogP contribution is 2.62. The van der Waals surface area contributed by atoms with Crippen LogP contribution in [-0.2, 0) is 9.59 Å². The Kier molecular flexibility index (Phi) is 7.95. The van der Waals surface area contributed by atoms with Gasteiger partial charge in [0.2, 0.25) is 0 Å². The molecule has 6 nitrogen and oxygen atoms in total. The maximum absolute atomic E-state index is 14.7. The summed E-state index contributed by atoms with van der Waals surface area (Å²) in [5.41, 5.74) is -4.87. The van der Waals surface area contributed by atoms with Crippen LogP contribution in [-0.4, -0.2) is 43.7 Å². The summed E-state index contributed by atoms with van der Waals surface area (Å²) in [4.78, 5) is 30.6. The first-order valence-corrected chi connectivity index (χ1v) is 15.4. The number of allylic oxidation sites excluding steroid dienone is 1. The van der Waals surface area contributed by atoms with Crippen LogP contribution in [0.2, 0.25) is 0 Å². The summed E-state index contributed by atoms with van der Waals surface area (Å²) in [7, 11) is 0. The van der Waals surface area contributed by atoms with Crippen molar-refractivity contribution in [2.45, 2.75) is 77.6 Å². The smallest absolute Gasteiger partial charge is 0.196 e. The normalized spacial score (nSPS) is 35.1. The molecule has 3 aromatic carbocycles. The maximum Gasteiger partial charge on any atom is 0.196 e. The second kappa shape index (κ2) is 11.0. The molecule has 43 heavy (non-hydrogen) atoms. The largest absolute Gasteiger partial charge is 0.390 e. The number of carbonyl (C=O) groups is 2. The molecule has 6 heteroatoms. The Morgan fingerprint density at radius 2 is 1.58 bits per heavy atom. The van der Waals surface area contributed by atoms with Gasteiger partial charge in [0.25, 0.3) is 0 Å². The molecule has 0 radical (unpaired) electrons. The Morgan fingerprint density at radius 3 is 2.23 bits per heavy atom. The van der Waals surface area contributed by atoms with Crippen molar-refractivity contribution in [2.75, 3.05) is 4.90 Å². The van der Waals surface area contributed by atoms with Gasteiger partial charge in [-0.15, -0.1) is 0 Å². The molecule has 5 rings (SSSR count). The number of hydrogen-bond donors (Lipinski definition) is 3. The predicted molar refractivity (Wildman–Crippen MR) is 171 cm³/mol. The lowest BCUT2D eigenvalue weighted by Crippen LogP contribution is -2.76. The third-order valence-corrected chi connectivity index (χ3v) is 10.4. The number of aliphatic hydroxyl groups is 3. The summed E-state index contributed by atoms with van der Waals surface area (Å²) >= 11 is 0. The van der Waals surface area contributed by atoms with Gasteiger partial charge in [-0.05, 0) is 73.2 Å². The number of fused-ring (bicyclic) bond motifs is 2. The van der Waals surface area contributed by atoms with Crippen LogP contribution in [0.5, 0.6) is 0 Å². The SMILES string of the molecule is CCC(C)[C@@H]1[C@@](C)(C(=O)/C=C/N(c2ccccc2)c2ccc3ccccc3c2)[C@H]2[C@H](C)C[C@@](C)(O)C[C@]2(O)C(=O)[C@@]1(C)O. The summed E-state index contributed by atoms with van der Waals surface area (Å²) in [6.45, 7) is 10.7. The Morgan fingerprint density at radius 1 is 0.953 bits per heavy atom. The van der Waals surface area contributed by atoms with Crippen LogP contribution in [0.25, 0.3) is 10.8 Å². The van der Waals surface area contributed by atoms with E-state index in [0.29, 0.717) is 12.8 Å². The van der Waals surface area contributed by atoms with Crippen molar-refractivity contribution in [3.8, 4) is 0 Å². The van der Waals surface area contributed by atoms with Gasteiger partial charge in [-0.1, -0.05) is 82.6 Å². The molecule has 3 aromatic rings. The zero-order valence-electron chi connectivity index (χ0n) is 26.1. The zero-order valence-corrected chi connectivity index (χ0v) is 26.1. The Hall–Kier alpha value is -3.32. The highest BCUT2D eigenvalue weighted by atomic mass is 16.3. The van der Waals surface area contributed by atoms with Crippen molar-refractivity contribution in [1.82, 2.24) is 0 Å². The van der Waals surface area contributed by atoms with Crippen LogP contribution in [0.15, 0.2) is 85.1 Å². The van der Waals surface area contributed by atoms with Crippen LogP contribution in [0.4, 0.5) is 11.4 Å². The van der Waals surface area contributed by atoms with Crippen LogP contribution >= 0.6 is 0 Å². The summed E-state index contributed by atoms with van der Waals surface area (Å²) < 4.78 is 0. The third kappa shape index (κ3) is 5.13. The second-order valence-electron chi connectivity index (χ2n) is 13.8. The van der Waals surface area contributed by atoms with E-state index >= 15 is 0 Å². The molecule has 0 aromatic heterocycles. The molecule has 2 aliphatic rings. The standard InChI is InChI=1S/C37H45NO5/c1-7-24(2)31-35(5,32-25(3)22-34(4,41)23-37(32,43)33(40)36(31,6)42)30(39)19-20-38(28-15-9-8-10-16-28)29-18-17-26-13-11-12-14-27(26)21-29/h8-21,24-25,31-32,41-43H,7,22-23H2,1-6H3/b20-19+/t24?,25-,31-,32-,34-,35-,36+,37-/m1/s1. The number of rotatable bonds is 7. The first-order chi connectivity index (χ1) is 20.2. The van der Waals surface area contributed by atoms with E-state index in [-0.39, 0.29) is 24.0 Å². The molecular formula is C37H45NO5. The van der Waals surface area contributed by atoms with E-state index in [1.54, 1.807) is 19.2 Å². The van der Waals surface area contributed by atoms with Crippen LogP contribution in [0, 0.1) is 29.1 Å². The summed E-state index contributed by atoms with van der Waals surface area (Å²) in [5, 5.41) is 37.3. The second-order valence-corrected chi connectivity index (χ2v) is 13.8. The van der Waals surface area contributed by atoms with E-state index < -0.39 is 39.8 Å². The number of carbonyl (C=O) groups excluding carboxylic acids is 2. The lowest BCUT2D eigenvalue weighted by Gasteiger charge is -2.64. The van der Waals surface area contributed by atoms with Gasteiger partial charge in [0.15, 0.2) is 11.6 Å². The summed E-state index contributed by atoms with van der Waals surface area (Å²) in [5.74, 6) is -3.02. The topological polar surface area (TPSA) is 98.1 Å². The summed E-state index contributed by atoms with van der Waals surface area (Å²) in [6.07, 6.45) is 4.06. The maximum atomic E-state index is 14.7. The minimum absolute atomic E-state index is 0.189. The van der Waals surface area contributed by atoms with E-state index in [2.05, 4.69) is 24.3 Å². The predicted octanol–water partition coefficient (Wildman–Crippen LogP) is 6.59. The molecule has 0 spiro atoms. The monoisotopic (exact) mass is 583 g/mol. The van der Waals surface area contributed by atoms with E-state index in [9.17, 15) is 24.9 Å². The Balaban J connectivity index is 1.64. The van der Waals surface area contributed by atoms with Crippen LogP contribution < -0.4 is 4.90 Å². The van der Waals surface area contributed by atoms with Gasteiger partial charge in [0, 0.05) is 41.2 Å². The number of ketones is 2. The quantitative estimate of drug-likeness (QED) is 0.272. The van der Waals surface area contributed by atoms with Gasteiger partial charge < -0.3 is 20.2 Å². The lowest BCUT2D eigenvalue weighted by molar-refractivity contribution is -0.244. The fourth-order valence-corrected chi connectivity index (χ4v) is 8.96. The third-order valence-electron chi connectivity index (χ3n) is 10.4. The van der Waals surface area contributed by atoms with Crippen molar-refractivity contribution in [2.24, 2.45) is 29.1 Å². The number of hydrogen-bond acceptors (Lipinski definition) is 6. The molecule has 2 aliphatic carbocycles. The fourth-order valence-electron chi connectivity index (χ4n) is 8.96. The lowest BCUT2D eigenvalue weighted by atomic mass is 9.41. The summed E-state index contributed by atoms with van der Waals surface area (Å²) in [6, 6.07) is 24.0. The molecular weight excluding hydrogens is 538 g/mol. The highest BCUT2D eigenvalue weighted by Gasteiger charge is 2.73. The molecule has 2 saturated carbocycles. The number of nitrogens with zero attached hydrogens (tertiary/aromatic N) is 1. The zero-order chi connectivity index (χ0) is 31.4. The van der Waals surface area contributed by atoms with Gasteiger partial charge in [-0.25, -0.2) is 0 Å². The molecule has 0 amide bonds. The van der Waals surface area contributed by atoms with Gasteiger partial charge in [0.05, 0.1) is 5.60 Å². The molecule has 0 bridgehead atoms. The minimum atomic E-state index is -2.05. The first-order valence-electron chi connectivity index (χ1n) is 15.4. The van der Waals surface area contributed by atoms with Gasteiger partial charge in [0.1, 0.15) is 11.2 Å². The Labute approximate surface area is 255 Å². The molecule has 3 N–H and O–H groups in total. The number of Topliss-reactive ketones (excluding diaryl/α,β-unsaturated/α-hetero) is 1. The van der Waals surface area contributed by atoms with Crippen molar-refractivity contribution in [1.29, 1.82) is 0 Å². The highest BCUT2D eigenvalue weighted by molar-refractivity contribution is 6.03. The average molecular weight is 584 g/mol. The van der Waals surface area contributed by atoms with E-state index in [4.69, 9.17) is 0 Å². The van der Waals surface area contributed by atoms with Crippen molar-refractivity contribution in [3.63, 3.8) is 0 Å². The van der Waals surface area contributed by atoms with Gasteiger partial charge in [-0.2, -0.15) is 0 Å². The van der Waals surface area contributed by atoms with E-state index in [0.717, 1.165) is 22.1 Å². The number of anilines is 2. The molecule has 0 saturated heterocycles. The van der Waals surface area contributed by atoms with Crippen molar-refractivity contribution in [3.05, 3.63) is 85.1 Å². The fraction of sp³-hybridized carbons (Fsp3) is 0.459.